The highest BCUT2D eigenvalue weighted by atomic mass is 79.9. The highest BCUT2D eigenvalue weighted by Gasteiger charge is 2.16. The van der Waals surface area contributed by atoms with Gasteiger partial charge in [-0.15, -0.1) is 0 Å². The Labute approximate surface area is 239 Å². The van der Waals surface area contributed by atoms with Crippen LogP contribution in [0.2, 0.25) is 10.0 Å². The van der Waals surface area contributed by atoms with Gasteiger partial charge < -0.3 is 24.3 Å². The fourth-order valence-electron chi connectivity index (χ4n) is 2.97. The number of ether oxygens (including phenoxy) is 4. The number of aryl methyl sites for hydroxylation is 1. The van der Waals surface area contributed by atoms with Gasteiger partial charge in [0.25, 0.3) is 0 Å². The number of esters is 3. The largest absolute Gasteiger partial charge is 0.465 e. The van der Waals surface area contributed by atoms with E-state index in [0.717, 1.165) is 5.56 Å². The van der Waals surface area contributed by atoms with Gasteiger partial charge in [-0.25, -0.2) is 14.4 Å². The molecule has 0 saturated carbocycles. The number of hydrogen-bond acceptors (Lipinski definition) is 8. The van der Waals surface area contributed by atoms with Crippen LogP contribution in [-0.2, 0) is 18.9 Å². The Balaban J connectivity index is 0.000000293. The maximum absolute atomic E-state index is 12.2. The van der Waals surface area contributed by atoms with E-state index in [-0.39, 0.29) is 6.79 Å². The number of para-hydroxylation sites is 1. The first kappa shape index (κ1) is 31.1. The van der Waals surface area contributed by atoms with Gasteiger partial charge in [-0.3, -0.25) is 0 Å². The van der Waals surface area contributed by atoms with Crippen molar-refractivity contribution in [2.24, 2.45) is 0 Å². The molecule has 11 heteroatoms. The summed E-state index contributed by atoms with van der Waals surface area (Å²) in [5, 5.41) is 4.10. The molecule has 0 spiro atoms. The molecule has 202 valence electrons. The standard InChI is InChI=1S/C17H17Cl2NO3.C10H9BrO4/c1-3-22-10-23-17(21)12-6-4-5-7-14(12)20-16-13(18)9-8-11(2)15(16)19;1-14-9(12)6-3-4-7(8(11)5-6)10(13)15-2/h4-9,20H,3,10H2,1-2H3;3-5H,1-2H3. The van der Waals surface area contributed by atoms with Crippen LogP contribution >= 0.6 is 39.1 Å². The van der Waals surface area contributed by atoms with E-state index >= 15 is 0 Å². The monoisotopic (exact) mass is 625 g/mol. The van der Waals surface area contributed by atoms with Crippen molar-refractivity contribution in [2.45, 2.75) is 13.8 Å². The average molecular weight is 627 g/mol. The maximum Gasteiger partial charge on any atom is 0.342 e. The third-order valence-electron chi connectivity index (χ3n) is 4.96. The number of anilines is 2. The normalized spacial score (nSPS) is 10.1. The second-order valence-corrected chi connectivity index (χ2v) is 9.08. The smallest absolute Gasteiger partial charge is 0.342 e. The van der Waals surface area contributed by atoms with Crippen LogP contribution in [0.5, 0.6) is 0 Å². The van der Waals surface area contributed by atoms with E-state index < -0.39 is 17.9 Å². The van der Waals surface area contributed by atoms with Crippen molar-refractivity contribution in [3.8, 4) is 0 Å². The number of halogens is 3. The molecule has 0 atom stereocenters. The molecule has 3 aromatic rings. The molecule has 0 aliphatic heterocycles. The summed E-state index contributed by atoms with van der Waals surface area (Å²) in [6.07, 6.45) is 0. The van der Waals surface area contributed by atoms with E-state index in [1.807, 2.05) is 19.9 Å². The van der Waals surface area contributed by atoms with Gasteiger partial charge in [0.15, 0.2) is 6.79 Å². The van der Waals surface area contributed by atoms with Crippen LogP contribution in [0.15, 0.2) is 59.1 Å². The molecule has 0 amide bonds. The van der Waals surface area contributed by atoms with Crippen molar-refractivity contribution in [3.63, 3.8) is 0 Å². The fraction of sp³-hybridized carbons (Fsp3) is 0.222. The second-order valence-electron chi connectivity index (χ2n) is 7.44. The summed E-state index contributed by atoms with van der Waals surface area (Å²) in [6, 6.07) is 15.1. The molecule has 3 rings (SSSR count). The van der Waals surface area contributed by atoms with E-state index in [0.29, 0.717) is 49.2 Å². The predicted octanol–water partition coefficient (Wildman–Crippen LogP) is 7.22. The zero-order valence-electron chi connectivity index (χ0n) is 21.1. The van der Waals surface area contributed by atoms with E-state index in [4.69, 9.17) is 32.7 Å². The van der Waals surface area contributed by atoms with Crippen molar-refractivity contribution < 1.29 is 33.3 Å². The molecule has 1 N–H and O–H groups in total. The van der Waals surface area contributed by atoms with Gasteiger partial charge >= 0.3 is 17.9 Å². The number of hydrogen-bond donors (Lipinski definition) is 1. The van der Waals surface area contributed by atoms with Gasteiger partial charge in [0.2, 0.25) is 0 Å². The molecule has 38 heavy (non-hydrogen) atoms. The fourth-order valence-corrected chi connectivity index (χ4v) is 3.97. The highest BCUT2D eigenvalue weighted by molar-refractivity contribution is 9.10. The van der Waals surface area contributed by atoms with Crippen molar-refractivity contribution in [1.82, 2.24) is 0 Å². The first-order chi connectivity index (χ1) is 18.1. The summed E-state index contributed by atoms with van der Waals surface area (Å²) in [7, 11) is 2.59. The zero-order valence-corrected chi connectivity index (χ0v) is 24.2. The van der Waals surface area contributed by atoms with Gasteiger partial charge in [-0.05, 0) is 71.7 Å². The molecular weight excluding hydrogens is 601 g/mol. The Morgan fingerprint density at radius 1 is 0.895 bits per heavy atom. The molecule has 0 aliphatic rings. The van der Waals surface area contributed by atoms with Gasteiger partial charge in [-0.1, -0.05) is 41.4 Å². The SMILES string of the molecule is CCOCOC(=O)c1ccccc1Nc1c(Cl)ccc(C)c1Cl.COC(=O)c1ccc(C(=O)OC)c(Br)c1. The molecule has 8 nitrogen and oxygen atoms in total. The quantitative estimate of drug-likeness (QED) is 0.121. The topological polar surface area (TPSA) is 100 Å². The number of carbonyl (C=O) groups is 3. The van der Waals surface area contributed by atoms with Crippen molar-refractivity contribution >= 4 is 68.4 Å². The Kier molecular flexibility index (Phi) is 12.6. The van der Waals surface area contributed by atoms with Crippen LogP contribution in [0.4, 0.5) is 11.4 Å². The van der Waals surface area contributed by atoms with Crippen LogP contribution in [0, 0.1) is 6.92 Å². The van der Waals surface area contributed by atoms with Crippen LogP contribution in [0.1, 0.15) is 43.6 Å². The van der Waals surface area contributed by atoms with E-state index in [9.17, 15) is 14.4 Å². The number of nitrogens with one attached hydrogen (secondary N) is 1. The number of benzene rings is 3. The molecule has 0 saturated heterocycles. The van der Waals surface area contributed by atoms with Crippen LogP contribution in [0.25, 0.3) is 0 Å². The average Bonchev–Trinajstić information content (AvgIpc) is 2.93. The minimum absolute atomic E-state index is 0.0877. The van der Waals surface area contributed by atoms with Gasteiger partial charge in [0.1, 0.15) is 0 Å². The lowest BCUT2D eigenvalue weighted by atomic mass is 10.1. The van der Waals surface area contributed by atoms with Crippen molar-refractivity contribution in [2.75, 3.05) is 32.9 Å². The Morgan fingerprint density at radius 2 is 1.58 bits per heavy atom. The Morgan fingerprint density at radius 3 is 2.21 bits per heavy atom. The van der Waals surface area contributed by atoms with Crippen molar-refractivity contribution in [3.05, 3.63) is 91.4 Å². The summed E-state index contributed by atoms with van der Waals surface area (Å²) in [4.78, 5) is 34.5. The maximum atomic E-state index is 12.2. The van der Waals surface area contributed by atoms with Crippen LogP contribution < -0.4 is 5.32 Å². The Hall–Kier alpha value is -3.11. The molecule has 0 heterocycles. The minimum Gasteiger partial charge on any atom is -0.465 e. The van der Waals surface area contributed by atoms with Crippen LogP contribution in [0.3, 0.4) is 0 Å². The van der Waals surface area contributed by atoms with Gasteiger partial charge in [-0.2, -0.15) is 0 Å². The lowest BCUT2D eigenvalue weighted by Crippen LogP contribution is -2.11. The van der Waals surface area contributed by atoms with E-state index in [1.54, 1.807) is 30.3 Å². The van der Waals surface area contributed by atoms with Gasteiger partial charge in [0, 0.05) is 11.1 Å². The highest BCUT2D eigenvalue weighted by Crippen LogP contribution is 2.36. The summed E-state index contributed by atoms with van der Waals surface area (Å²) in [5.74, 6) is -1.40. The third kappa shape index (κ3) is 8.46. The first-order valence-corrected chi connectivity index (χ1v) is 12.7. The van der Waals surface area contributed by atoms with Gasteiger partial charge in [0.05, 0.1) is 52.3 Å². The number of rotatable bonds is 8. The molecular formula is C27H26BrCl2NO7. The molecule has 0 fully saturated rings. The van der Waals surface area contributed by atoms with E-state index in [1.165, 1.54) is 32.4 Å². The second kappa shape index (κ2) is 15.3. The first-order valence-electron chi connectivity index (χ1n) is 11.2. The molecule has 3 aromatic carbocycles. The van der Waals surface area contributed by atoms with E-state index in [2.05, 4.69) is 30.7 Å². The lowest BCUT2D eigenvalue weighted by Gasteiger charge is -2.15. The molecule has 0 aromatic heterocycles. The number of methoxy groups -OCH3 is 2. The lowest BCUT2D eigenvalue weighted by molar-refractivity contribution is -0.0273. The predicted molar refractivity (Wildman–Crippen MR) is 150 cm³/mol. The molecule has 0 unspecified atom stereocenters. The van der Waals surface area contributed by atoms with Crippen molar-refractivity contribution in [1.29, 1.82) is 0 Å². The molecule has 0 bridgehead atoms. The summed E-state index contributed by atoms with van der Waals surface area (Å²) in [5.41, 5.74) is 3.11. The minimum atomic E-state index is -0.485. The summed E-state index contributed by atoms with van der Waals surface area (Å²) in [6.45, 7) is 4.09. The van der Waals surface area contributed by atoms with Crippen LogP contribution in [-0.4, -0.2) is 45.5 Å². The molecule has 0 aliphatic carbocycles. The summed E-state index contributed by atoms with van der Waals surface area (Å²) >= 11 is 15.7. The molecule has 0 radical (unpaired) electrons. The summed E-state index contributed by atoms with van der Waals surface area (Å²) < 4.78 is 19.7. The zero-order chi connectivity index (χ0) is 28.2. The Bertz CT molecular complexity index is 1300. The number of carbonyl (C=O) groups excluding carboxylic acids is 3. The third-order valence-corrected chi connectivity index (χ3v) is 6.42.